The molecule has 0 aromatic heterocycles. The van der Waals surface area contributed by atoms with E-state index in [0.29, 0.717) is 6.04 Å². The zero-order valence-electron chi connectivity index (χ0n) is 11.3. The van der Waals surface area contributed by atoms with Gasteiger partial charge >= 0.3 is 0 Å². The summed E-state index contributed by atoms with van der Waals surface area (Å²) in [6, 6.07) is 18.9. The van der Waals surface area contributed by atoms with Gasteiger partial charge in [0.15, 0.2) is 0 Å². The van der Waals surface area contributed by atoms with Crippen LogP contribution in [0.3, 0.4) is 0 Å². The van der Waals surface area contributed by atoms with Crippen LogP contribution in [-0.4, -0.2) is 5.11 Å². The largest absolute Gasteiger partial charge is 0.392 e. The van der Waals surface area contributed by atoms with E-state index in [2.05, 4.69) is 42.6 Å². The molecule has 0 heterocycles. The van der Waals surface area contributed by atoms with Crippen molar-refractivity contribution in [3.05, 3.63) is 71.3 Å². The minimum absolute atomic E-state index is 0.0972. The summed E-state index contributed by atoms with van der Waals surface area (Å²) in [5, 5.41) is 12.9. The molecule has 0 saturated heterocycles. The molecule has 2 heteroatoms. The van der Waals surface area contributed by atoms with Crippen molar-refractivity contribution >= 4 is 0 Å². The first-order chi connectivity index (χ1) is 9.35. The molecule has 2 nitrogen and oxygen atoms in total. The van der Waals surface area contributed by atoms with Gasteiger partial charge in [-0.1, -0.05) is 61.5 Å². The lowest BCUT2D eigenvalue weighted by Crippen LogP contribution is -2.20. The molecule has 2 aromatic rings. The van der Waals surface area contributed by atoms with Gasteiger partial charge in [0.05, 0.1) is 6.61 Å². The summed E-state index contributed by atoms with van der Waals surface area (Å²) in [5.74, 6) is 0. The Morgan fingerprint density at radius 2 is 1.58 bits per heavy atom. The van der Waals surface area contributed by atoms with Crippen LogP contribution in [0.4, 0.5) is 0 Å². The first kappa shape index (κ1) is 13.8. The SMILES string of the molecule is CCC(NCc1ccccc1CO)c1ccccc1. The lowest BCUT2D eigenvalue weighted by Gasteiger charge is -2.18. The quantitative estimate of drug-likeness (QED) is 0.829. The molecule has 0 radical (unpaired) electrons. The van der Waals surface area contributed by atoms with Crippen molar-refractivity contribution in [2.24, 2.45) is 0 Å². The van der Waals surface area contributed by atoms with Crippen LogP contribution in [0.2, 0.25) is 0 Å². The predicted molar refractivity (Wildman–Crippen MR) is 78.7 cm³/mol. The van der Waals surface area contributed by atoms with E-state index >= 15 is 0 Å². The van der Waals surface area contributed by atoms with E-state index in [1.165, 1.54) is 11.1 Å². The standard InChI is InChI=1S/C17H21NO/c1-2-17(14-8-4-3-5-9-14)18-12-15-10-6-7-11-16(15)13-19/h3-11,17-19H,2,12-13H2,1H3. The highest BCUT2D eigenvalue weighted by molar-refractivity contribution is 5.27. The zero-order chi connectivity index (χ0) is 13.5. The predicted octanol–water partition coefficient (Wildman–Crippen LogP) is 3.42. The van der Waals surface area contributed by atoms with Crippen LogP contribution in [-0.2, 0) is 13.2 Å². The topological polar surface area (TPSA) is 32.3 Å². The Labute approximate surface area is 115 Å². The number of rotatable bonds is 6. The van der Waals surface area contributed by atoms with Crippen molar-refractivity contribution in [3.63, 3.8) is 0 Å². The summed E-state index contributed by atoms with van der Waals surface area (Å²) in [5.41, 5.74) is 3.48. The molecule has 100 valence electrons. The van der Waals surface area contributed by atoms with Crippen molar-refractivity contribution in [3.8, 4) is 0 Å². The molecular weight excluding hydrogens is 234 g/mol. The van der Waals surface area contributed by atoms with Gasteiger partial charge in [-0.15, -0.1) is 0 Å². The fourth-order valence-electron chi connectivity index (χ4n) is 2.30. The van der Waals surface area contributed by atoms with E-state index < -0.39 is 0 Å². The first-order valence-corrected chi connectivity index (χ1v) is 6.81. The summed E-state index contributed by atoms with van der Waals surface area (Å²) in [7, 11) is 0. The van der Waals surface area contributed by atoms with Gasteiger partial charge in [-0.2, -0.15) is 0 Å². The molecule has 0 aliphatic rings. The molecule has 0 bridgehead atoms. The van der Waals surface area contributed by atoms with E-state index in [4.69, 9.17) is 0 Å². The maximum atomic E-state index is 9.33. The highest BCUT2D eigenvalue weighted by Crippen LogP contribution is 2.17. The van der Waals surface area contributed by atoms with Gasteiger partial charge in [0, 0.05) is 12.6 Å². The molecule has 2 N–H and O–H groups in total. The van der Waals surface area contributed by atoms with Crippen molar-refractivity contribution in [2.45, 2.75) is 32.5 Å². The fraction of sp³-hybridized carbons (Fsp3) is 0.294. The van der Waals surface area contributed by atoms with Crippen LogP contribution >= 0.6 is 0 Å². The Bertz CT molecular complexity index is 496. The molecule has 1 unspecified atom stereocenters. The monoisotopic (exact) mass is 255 g/mol. The fourth-order valence-corrected chi connectivity index (χ4v) is 2.30. The van der Waals surface area contributed by atoms with Crippen LogP contribution in [0, 0.1) is 0 Å². The third-order valence-electron chi connectivity index (χ3n) is 3.44. The average molecular weight is 255 g/mol. The molecule has 19 heavy (non-hydrogen) atoms. The number of hydrogen-bond donors (Lipinski definition) is 2. The third kappa shape index (κ3) is 3.66. The summed E-state index contributed by atoms with van der Waals surface area (Å²) < 4.78 is 0. The lowest BCUT2D eigenvalue weighted by atomic mass is 10.0. The Morgan fingerprint density at radius 3 is 2.21 bits per heavy atom. The smallest absolute Gasteiger partial charge is 0.0685 e. The minimum atomic E-state index is 0.0972. The second kappa shape index (κ2) is 7.07. The molecule has 0 fully saturated rings. The Morgan fingerprint density at radius 1 is 0.947 bits per heavy atom. The van der Waals surface area contributed by atoms with E-state index in [-0.39, 0.29) is 6.61 Å². The number of aliphatic hydroxyl groups is 1. The summed E-state index contributed by atoms with van der Waals surface area (Å²) in [4.78, 5) is 0. The molecule has 0 saturated carbocycles. The van der Waals surface area contributed by atoms with Gasteiger partial charge in [0.2, 0.25) is 0 Å². The molecular formula is C17H21NO. The minimum Gasteiger partial charge on any atom is -0.392 e. The van der Waals surface area contributed by atoms with Crippen molar-refractivity contribution in [1.29, 1.82) is 0 Å². The van der Waals surface area contributed by atoms with Crippen LogP contribution in [0.1, 0.15) is 36.1 Å². The van der Waals surface area contributed by atoms with Gasteiger partial charge in [0.25, 0.3) is 0 Å². The van der Waals surface area contributed by atoms with E-state index in [0.717, 1.165) is 18.5 Å². The van der Waals surface area contributed by atoms with Crippen molar-refractivity contribution < 1.29 is 5.11 Å². The summed E-state index contributed by atoms with van der Waals surface area (Å²) in [6.45, 7) is 3.06. The van der Waals surface area contributed by atoms with E-state index in [9.17, 15) is 5.11 Å². The maximum absolute atomic E-state index is 9.33. The summed E-state index contributed by atoms with van der Waals surface area (Å²) in [6.07, 6.45) is 1.05. The normalized spacial score (nSPS) is 12.3. The second-order valence-electron chi connectivity index (χ2n) is 4.68. The molecule has 0 spiro atoms. The van der Waals surface area contributed by atoms with Gasteiger partial charge in [-0.3, -0.25) is 0 Å². The number of nitrogens with one attached hydrogen (secondary N) is 1. The first-order valence-electron chi connectivity index (χ1n) is 6.81. The molecule has 0 amide bonds. The highest BCUT2D eigenvalue weighted by Gasteiger charge is 2.09. The highest BCUT2D eigenvalue weighted by atomic mass is 16.3. The molecule has 2 rings (SSSR count). The maximum Gasteiger partial charge on any atom is 0.0685 e. The van der Waals surface area contributed by atoms with Gasteiger partial charge < -0.3 is 10.4 Å². The van der Waals surface area contributed by atoms with Crippen LogP contribution < -0.4 is 5.32 Å². The third-order valence-corrected chi connectivity index (χ3v) is 3.44. The van der Waals surface area contributed by atoms with Crippen LogP contribution in [0.15, 0.2) is 54.6 Å². The molecule has 0 aliphatic heterocycles. The Balaban J connectivity index is 2.04. The summed E-state index contributed by atoms with van der Waals surface area (Å²) >= 11 is 0. The van der Waals surface area contributed by atoms with Gasteiger partial charge in [-0.05, 0) is 23.1 Å². The number of hydrogen-bond acceptors (Lipinski definition) is 2. The van der Waals surface area contributed by atoms with Gasteiger partial charge in [0.1, 0.15) is 0 Å². The second-order valence-corrected chi connectivity index (χ2v) is 4.68. The Hall–Kier alpha value is -1.64. The van der Waals surface area contributed by atoms with E-state index in [1.807, 2.05) is 24.3 Å². The molecule has 2 aromatic carbocycles. The van der Waals surface area contributed by atoms with Crippen molar-refractivity contribution in [2.75, 3.05) is 0 Å². The van der Waals surface area contributed by atoms with Crippen molar-refractivity contribution in [1.82, 2.24) is 5.32 Å². The lowest BCUT2D eigenvalue weighted by molar-refractivity contribution is 0.280. The van der Waals surface area contributed by atoms with E-state index in [1.54, 1.807) is 0 Å². The van der Waals surface area contributed by atoms with Crippen LogP contribution in [0.5, 0.6) is 0 Å². The number of aliphatic hydroxyl groups excluding tert-OH is 1. The average Bonchev–Trinajstić information content (AvgIpc) is 2.49. The number of benzene rings is 2. The van der Waals surface area contributed by atoms with Crippen LogP contribution in [0.25, 0.3) is 0 Å². The molecule has 1 atom stereocenters. The molecule has 0 aliphatic carbocycles. The van der Waals surface area contributed by atoms with Gasteiger partial charge in [-0.25, -0.2) is 0 Å². The Kier molecular flexibility index (Phi) is 5.13. The zero-order valence-corrected chi connectivity index (χ0v) is 11.3.